The van der Waals surface area contributed by atoms with Crippen molar-refractivity contribution in [3.05, 3.63) is 50.9 Å². The van der Waals surface area contributed by atoms with Gasteiger partial charge in [0, 0.05) is 13.2 Å². The minimum absolute atomic E-state index is 0.0147. The third-order valence-corrected chi connectivity index (χ3v) is 3.98. The number of aryl methyl sites for hydroxylation is 2. The van der Waals surface area contributed by atoms with Crippen molar-refractivity contribution in [1.82, 2.24) is 15.1 Å². The molecular weight excluding hydrogens is 365 g/mol. The van der Waals surface area contributed by atoms with Crippen LogP contribution in [0.3, 0.4) is 0 Å². The van der Waals surface area contributed by atoms with Crippen LogP contribution in [0.4, 0.5) is 0 Å². The molecule has 0 saturated heterocycles. The van der Waals surface area contributed by atoms with Crippen LogP contribution >= 0.6 is 22.6 Å². The van der Waals surface area contributed by atoms with Crippen LogP contribution in [0.25, 0.3) is 0 Å². The number of carbonyl (C=O) groups excluding carboxylic acids is 1. The summed E-state index contributed by atoms with van der Waals surface area (Å²) in [6.07, 6.45) is 2.68. The highest BCUT2D eigenvalue weighted by atomic mass is 127. The molecule has 2 rings (SSSR count). The minimum Gasteiger partial charge on any atom is -0.344 e. The van der Waals surface area contributed by atoms with Crippen molar-refractivity contribution in [1.29, 1.82) is 0 Å². The van der Waals surface area contributed by atoms with Gasteiger partial charge in [-0.05, 0) is 41.5 Å². The molecule has 2 aromatic rings. The van der Waals surface area contributed by atoms with Crippen molar-refractivity contribution in [3.8, 4) is 0 Å². The number of nitrogens with one attached hydrogen (secondary N) is 1. The predicted molar refractivity (Wildman–Crippen MR) is 87.6 cm³/mol. The Kier molecular flexibility index (Phi) is 4.80. The third-order valence-electron chi connectivity index (χ3n) is 3.19. The highest BCUT2D eigenvalue weighted by molar-refractivity contribution is 14.1. The van der Waals surface area contributed by atoms with Crippen molar-refractivity contribution >= 4 is 28.5 Å². The van der Waals surface area contributed by atoms with E-state index < -0.39 is 0 Å². The first kappa shape index (κ1) is 15.0. The first-order valence-electron chi connectivity index (χ1n) is 6.57. The van der Waals surface area contributed by atoms with Crippen LogP contribution < -0.4 is 5.32 Å². The van der Waals surface area contributed by atoms with Crippen LogP contribution in [0.2, 0.25) is 0 Å². The first-order chi connectivity index (χ1) is 9.51. The summed E-state index contributed by atoms with van der Waals surface area (Å²) in [5.74, 6) is -0.123. The van der Waals surface area contributed by atoms with E-state index in [0.29, 0.717) is 5.69 Å². The number of rotatable bonds is 4. The maximum atomic E-state index is 12.3. The van der Waals surface area contributed by atoms with Gasteiger partial charge < -0.3 is 5.32 Å². The lowest BCUT2D eigenvalue weighted by atomic mass is 10.0. The van der Waals surface area contributed by atoms with Crippen LogP contribution in [0, 0.1) is 10.5 Å². The molecule has 0 aliphatic heterocycles. The van der Waals surface area contributed by atoms with Gasteiger partial charge in [-0.1, -0.05) is 36.8 Å². The van der Waals surface area contributed by atoms with Gasteiger partial charge in [-0.15, -0.1) is 0 Å². The second-order valence-electron chi connectivity index (χ2n) is 4.84. The van der Waals surface area contributed by atoms with Crippen LogP contribution in [0.5, 0.6) is 0 Å². The lowest BCUT2D eigenvalue weighted by Crippen LogP contribution is -2.29. The number of aromatic nitrogens is 2. The lowest BCUT2D eigenvalue weighted by Gasteiger charge is -2.17. The van der Waals surface area contributed by atoms with E-state index in [2.05, 4.69) is 71.1 Å². The zero-order valence-electron chi connectivity index (χ0n) is 11.9. The van der Waals surface area contributed by atoms with Crippen molar-refractivity contribution < 1.29 is 4.79 Å². The van der Waals surface area contributed by atoms with Crippen LogP contribution in [-0.4, -0.2) is 15.7 Å². The monoisotopic (exact) mass is 383 g/mol. The molecule has 4 nitrogen and oxygen atoms in total. The highest BCUT2D eigenvalue weighted by Crippen LogP contribution is 2.18. The molecular formula is C15H18IN3O. The average Bonchev–Trinajstić information content (AvgIpc) is 2.76. The van der Waals surface area contributed by atoms with Gasteiger partial charge in [-0.3, -0.25) is 9.48 Å². The number of halogens is 1. The zero-order valence-corrected chi connectivity index (χ0v) is 14.0. The van der Waals surface area contributed by atoms with E-state index in [1.54, 1.807) is 4.68 Å². The van der Waals surface area contributed by atoms with Gasteiger partial charge in [0.2, 0.25) is 0 Å². The molecule has 1 aromatic carbocycles. The minimum atomic E-state index is -0.123. The molecule has 1 amide bonds. The molecule has 0 aliphatic carbocycles. The van der Waals surface area contributed by atoms with E-state index in [1.807, 2.05) is 13.2 Å². The van der Waals surface area contributed by atoms with E-state index in [1.165, 1.54) is 5.56 Å². The fraction of sp³-hybridized carbons (Fsp3) is 0.333. The summed E-state index contributed by atoms with van der Waals surface area (Å²) in [6, 6.07) is 8.27. The Bertz CT molecular complexity index is 604. The summed E-state index contributed by atoms with van der Waals surface area (Å²) in [7, 11) is 1.82. The topological polar surface area (TPSA) is 46.9 Å². The Morgan fingerprint density at radius 1 is 1.40 bits per heavy atom. The second-order valence-corrected chi connectivity index (χ2v) is 6.01. The molecule has 0 aliphatic rings. The van der Waals surface area contributed by atoms with Crippen molar-refractivity contribution in [2.45, 2.75) is 26.3 Å². The maximum absolute atomic E-state index is 12.3. The van der Waals surface area contributed by atoms with Gasteiger partial charge in [0.15, 0.2) is 5.69 Å². The van der Waals surface area contributed by atoms with E-state index in [4.69, 9.17) is 0 Å². The highest BCUT2D eigenvalue weighted by Gasteiger charge is 2.18. The SMILES string of the molecule is CCC(NC(=O)c1nn(C)cc1I)c1ccc(C)cc1. The van der Waals surface area contributed by atoms with E-state index in [9.17, 15) is 4.79 Å². The average molecular weight is 383 g/mol. The summed E-state index contributed by atoms with van der Waals surface area (Å²) >= 11 is 2.13. The van der Waals surface area contributed by atoms with Gasteiger partial charge in [0.1, 0.15) is 0 Å². The standard InChI is InChI=1S/C15H18IN3O/c1-4-13(11-7-5-10(2)6-8-11)17-15(20)14-12(16)9-19(3)18-14/h5-9,13H,4H2,1-3H3,(H,17,20). The normalized spacial score (nSPS) is 12.2. The summed E-state index contributed by atoms with van der Waals surface area (Å²) in [6.45, 7) is 4.12. The van der Waals surface area contributed by atoms with E-state index in [-0.39, 0.29) is 11.9 Å². The van der Waals surface area contributed by atoms with E-state index >= 15 is 0 Å². The summed E-state index contributed by atoms with van der Waals surface area (Å²) in [5.41, 5.74) is 2.82. The smallest absolute Gasteiger partial charge is 0.273 e. The van der Waals surface area contributed by atoms with Crippen molar-refractivity contribution in [3.63, 3.8) is 0 Å². The number of hydrogen-bond acceptors (Lipinski definition) is 2. The van der Waals surface area contributed by atoms with Crippen LogP contribution in [0.1, 0.15) is 41.0 Å². The number of benzene rings is 1. The third kappa shape index (κ3) is 3.39. The number of nitrogens with zero attached hydrogens (tertiary/aromatic N) is 2. The number of hydrogen-bond donors (Lipinski definition) is 1. The molecule has 0 radical (unpaired) electrons. The van der Waals surface area contributed by atoms with Crippen molar-refractivity contribution in [2.75, 3.05) is 0 Å². The second kappa shape index (κ2) is 6.39. The van der Waals surface area contributed by atoms with Crippen LogP contribution in [0.15, 0.2) is 30.5 Å². The molecule has 0 fully saturated rings. The Morgan fingerprint density at radius 3 is 2.55 bits per heavy atom. The largest absolute Gasteiger partial charge is 0.344 e. The molecule has 1 unspecified atom stereocenters. The molecule has 1 atom stereocenters. The number of amides is 1. The maximum Gasteiger partial charge on any atom is 0.273 e. The fourth-order valence-electron chi connectivity index (χ4n) is 2.06. The van der Waals surface area contributed by atoms with Gasteiger partial charge in [0.05, 0.1) is 9.61 Å². The summed E-state index contributed by atoms with van der Waals surface area (Å²) in [4.78, 5) is 12.3. The molecule has 5 heteroatoms. The summed E-state index contributed by atoms with van der Waals surface area (Å²) in [5, 5.41) is 7.26. The van der Waals surface area contributed by atoms with Gasteiger partial charge in [0.25, 0.3) is 5.91 Å². The fourth-order valence-corrected chi connectivity index (χ4v) is 2.82. The van der Waals surface area contributed by atoms with Gasteiger partial charge in [-0.2, -0.15) is 5.10 Å². The molecule has 0 bridgehead atoms. The number of carbonyl (C=O) groups is 1. The van der Waals surface area contributed by atoms with Crippen LogP contribution in [-0.2, 0) is 7.05 Å². The lowest BCUT2D eigenvalue weighted by molar-refractivity contribution is 0.0929. The van der Waals surface area contributed by atoms with Gasteiger partial charge >= 0.3 is 0 Å². The molecule has 1 heterocycles. The molecule has 0 spiro atoms. The molecule has 1 N–H and O–H groups in total. The molecule has 106 valence electrons. The quantitative estimate of drug-likeness (QED) is 0.825. The first-order valence-corrected chi connectivity index (χ1v) is 7.65. The van der Waals surface area contributed by atoms with Gasteiger partial charge in [-0.25, -0.2) is 0 Å². The Hall–Kier alpha value is -1.37. The zero-order chi connectivity index (χ0) is 14.7. The Labute approximate surface area is 132 Å². The Balaban J connectivity index is 2.16. The predicted octanol–water partition coefficient (Wildman–Crippen LogP) is 3.21. The summed E-state index contributed by atoms with van der Waals surface area (Å²) < 4.78 is 2.52. The Morgan fingerprint density at radius 2 is 2.05 bits per heavy atom. The molecule has 0 saturated carbocycles. The molecule has 20 heavy (non-hydrogen) atoms. The molecule has 1 aromatic heterocycles. The van der Waals surface area contributed by atoms with E-state index in [0.717, 1.165) is 15.6 Å². The van der Waals surface area contributed by atoms with Crippen molar-refractivity contribution in [2.24, 2.45) is 7.05 Å².